The summed E-state index contributed by atoms with van der Waals surface area (Å²) in [5, 5.41) is 10.0. The summed E-state index contributed by atoms with van der Waals surface area (Å²) in [6, 6.07) is 4.21. The van der Waals surface area contributed by atoms with E-state index in [-0.39, 0.29) is 0 Å². The molecule has 1 heterocycles. The first-order valence-corrected chi connectivity index (χ1v) is 7.07. The van der Waals surface area contributed by atoms with Gasteiger partial charge in [-0.15, -0.1) is 11.3 Å². The number of benzene rings is 1. The molecule has 0 aliphatic heterocycles. The highest BCUT2D eigenvalue weighted by Gasteiger charge is 2.18. The van der Waals surface area contributed by atoms with Crippen LogP contribution in [-0.4, -0.2) is 16.1 Å². The van der Waals surface area contributed by atoms with Gasteiger partial charge >= 0.3 is 5.97 Å². The van der Waals surface area contributed by atoms with Gasteiger partial charge in [0.25, 0.3) is 0 Å². The van der Waals surface area contributed by atoms with Crippen molar-refractivity contribution in [3.63, 3.8) is 0 Å². The second-order valence-electron chi connectivity index (χ2n) is 4.73. The van der Waals surface area contributed by atoms with Gasteiger partial charge in [-0.25, -0.2) is 9.78 Å². The zero-order chi connectivity index (χ0) is 14.2. The van der Waals surface area contributed by atoms with E-state index in [1.807, 2.05) is 20.8 Å². The summed E-state index contributed by atoms with van der Waals surface area (Å²) in [4.78, 5) is 16.1. The van der Waals surface area contributed by atoms with Crippen molar-refractivity contribution < 1.29 is 9.90 Å². The first-order chi connectivity index (χ1) is 8.93. The summed E-state index contributed by atoms with van der Waals surface area (Å²) in [6.07, 6.45) is 0.641. The van der Waals surface area contributed by atoms with Crippen molar-refractivity contribution in [3.05, 3.63) is 39.4 Å². The standard InChI is InChI=1S/C15H17NO2S/c1-5-11-13(15(17)18)19-14(16-11)12-9(3)6-8(2)7-10(12)4/h6-7H,5H2,1-4H3,(H,17,18). The van der Waals surface area contributed by atoms with Gasteiger partial charge in [0, 0.05) is 5.56 Å². The monoisotopic (exact) mass is 275 g/mol. The minimum absolute atomic E-state index is 0.358. The van der Waals surface area contributed by atoms with Gasteiger partial charge in [0.05, 0.1) is 5.69 Å². The number of carbonyl (C=O) groups is 1. The Bertz CT molecular complexity index is 621. The maximum Gasteiger partial charge on any atom is 0.347 e. The molecule has 0 aliphatic rings. The molecular formula is C15H17NO2S. The summed E-state index contributed by atoms with van der Waals surface area (Å²) in [5.74, 6) is -0.886. The average molecular weight is 275 g/mol. The number of nitrogens with zero attached hydrogens (tertiary/aromatic N) is 1. The van der Waals surface area contributed by atoms with Crippen molar-refractivity contribution in [3.8, 4) is 10.6 Å². The number of carboxylic acid groups (broad SMARTS) is 1. The molecule has 3 nitrogen and oxygen atoms in total. The Morgan fingerprint density at radius 2 is 1.84 bits per heavy atom. The fourth-order valence-electron chi connectivity index (χ4n) is 2.38. The van der Waals surface area contributed by atoms with E-state index >= 15 is 0 Å². The van der Waals surface area contributed by atoms with Crippen LogP contribution in [0.4, 0.5) is 0 Å². The normalized spacial score (nSPS) is 10.7. The van der Waals surface area contributed by atoms with Crippen LogP contribution in [0, 0.1) is 20.8 Å². The first-order valence-electron chi connectivity index (χ1n) is 6.25. The van der Waals surface area contributed by atoms with Gasteiger partial charge in [0.15, 0.2) is 0 Å². The van der Waals surface area contributed by atoms with Crippen molar-refractivity contribution in [1.29, 1.82) is 0 Å². The molecule has 0 fully saturated rings. The molecule has 1 aromatic carbocycles. The molecule has 0 saturated heterocycles. The molecule has 2 aromatic rings. The molecule has 4 heteroatoms. The van der Waals surface area contributed by atoms with E-state index in [1.165, 1.54) is 16.9 Å². The molecule has 0 saturated carbocycles. The molecule has 19 heavy (non-hydrogen) atoms. The van der Waals surface area contributed by atoms with Gasteiger partial charge in [-0.05, 0) is 38.3 Å². The summed E-state index contributed by atoms with van der Waals surface area (Å²) in [5.41, 5.74) is 5.24. The number of carboxylic acids is 1. The Morgan fingerprint density at radius 1 is 1.26 bits per heavy atom. The Kier molecular flexibility index (Phi) is 3.71. The molecule has 0 amide bonds. The van der Waals surface area contributed by atoms with Crippen LogP contribution in [0.25, 0.3) is 10.6 Å². The van der Waals surface area contributed by atoms with Crippen LogP contribution in [0.2, 0.25) is 0 Å². The highest BCUT2D eigenvalue weighted by Crippen LogP contribution is 2.33. The minimum atomic E-state index is -0.886. The number of aromatic carboxylic acids is 1. The van der Waals surface area contributed by atoms with Gasteiger partial charge < -0.3 is 5.11 Å². The van der Waals surface area contributed by atoms with E-state index < -0.39 is 5.97 Å². The molecule has 0 aliphatic carbocycles. The number of hydrogen-bond donors (Lipinski definition) is 1. The summed E-state index contributed by atoms with van der Waals surface area (Å²) < 4.78 is 0. The predicted molar refractivity (Wildman–Crippen MR) is 78.1 cm³/mol. The summed E-state index contributed by atoms with van der Waals surface area (Å²) in [6.45, 7) is 8.08. The third kappa shape index (κ3) is 2.54. The molecule has 0 spiro atoms. The fourth-order valence-corrected chi connectivity index (χ4v) is 3.55. The molecule has 0 bridgehead atoms. The molecule has 0 atom stereocenters. The Labute approximate surface area is 116 Å². The van der Waals surface area contributed by atoms with Gasteiger partial charge in [-0.2, -0.15) is 0 Å². The summed E-state index contributed by atoms with van der Waals surface area (Å²) in [7, 11) is 0. The Morgan fingerprint density at radius 3 is 2.26 bits per heavy atom. The van der Waals surface area contributed by atoms with Crippen LogP contribution < -0.4 is 0 Å². The van der Waals surface area contributed by atoms with Crippen molar-refractivity contribution in [2.24, 2.45) is 0 Å². The van der Waals surface area contributed by atoms with Crippen molar-refractivity contribution in [2.75, 3.05) is 0 Å². The molecule has 0 unspecified atom stereocenters. The lowest BCUT2D eigenvalue weighted by Crippen LogP contribution is -1.97. The predicted octanol–water partition coefficient (Wildman–Crippen LogP) is 4.00. The van der Waals surface area contributed by atoms with Gasteiger partial charge in [0.1, 0.15) is 9.88 Å². The van der Waals surface area contributed by atoms with Gasteiger partial charge in [-0.3, -0.25) is 0 Å². The maximum absolute atomic E-state index is 11.2. The maximum atomic E-state index is 11.2. The number of aromatic nitrogens is 1. The lowest BCUT2D eigenvalue weighted by atomic mass is 10.0. The highest BCUT2D eigenvalue weighted by molar-refractivity contribution is 7.17. The smallest absolute Gasteiger partial charge is 0.347 e. The van der Waals surface area contributed by atoms with Crippen molar-refractivity contribution >= 4 is 17.3 Å². The number of aryl methyl sites for hydroxylation is 4. The number of rotatable bonds is 3. The van der Waals surface area contributed by atoms with Gasteiger partial charge in [-0.1, -0.05) is 24.6 Å². The van der Waals surface area contributed by atoms with Crippen LogP contribution in [0.15, 0.2) is 12.1 Å². The molecule has 2 rings (SSSR count). The lowest BCUT2D eigenvalue weighted by molar-refractivity contribution is 0.0701. The molecule has 1 aromatic heterocycles. The lowest BCUT2D eigenvalue weighted by Gasteiger charge is -2.08. The topological polar surface area (TPSA) is 50.2 Å². The number of hydrogen-bond acceptors (Lipinski definition) is 3. The number of thiazole rings is 1. The largest absolute Gasteiger partial charge is 0.477 e. The van der Waals surface area contributed by atoms with E-state index in [0.717, 1.165) is 21.7 Å². The second-order valence-corrected chi connectivity index (χ2v) is 5.73. The average Bonchev–Trinajstić information content (AvgIpc) is 2.71. The Balaban J connectivity index is 2.63. The third-order valence-corrected chi connectivity index (χ3v) is 4.22. The molecule has 100 valence electrons. The molecular weight excluding hydrogens is 258 g/mol. The van der Waals surface area contributed by atoms with Crippen LogP contribution >= 0.6 is 11.3 Å². The molecule has 0 radical (unpaired) electrons. The van der Waals surface area contributed by atoms with Crippen LogP contribution in [-0.2, 0) is 6.42 Å². The van der Waals surface area contributed by atoms with E-state index in [1.54, 1.807) is 0 Å². The van der Waals surface area contributed by atoms with Crippen LogP contribution in [0.1, 0.15) is 39.0 Å². The van der Waals surface area contributed by atoms with Crippen molar-refractivity contribution in [1.82, 2.24) is 4.98 Å². The van der Waals surface area contributed by atoms with Gasteiger partial charge in [0.2, 0.25) is 0 Å². The SMILES string of the molecule is CCc1nc(-c2c(C)cc(C)cc2C)sc1C(=O)O. The fraction of sp³-hybridized carbons (Fsp3) is 0.333. The molecule has 1 N–H and O–H groups in total. The zero-order valence-electron chi connectivity index (χ0n) is 11.6. The van der Waals surface area contributed by atoms with E-state index in [4.69, 9.17) is 0 Å². The Hall–Kier alpha value is -1.68. The van der Waals surface area contributed by atoms with E-state index in [9.17, 15) is 9.90 Å². The first kappa shape index (κ1) is 13.7. The minimum Gasteiger partial charge on any atom is -0.477 e. The summed E-state index contributed by atoms with van der Waals surface area (Å²) >= 11 is 1.27. The second kappa shape index (κ2) is 5.13. The van der Waals surface area contributed by atoms with Crippen molar-refractivity contribution in [2.45, 2.75) is 34.1 Å². The van der Waals surface area contributed by atoms with E-state index in [0.29, 0.717) is 17.0 Å². The van der Waals surface area contributed by atoms with Crippen LogP contribution in [0.3, 0.4) is 0 Å². The highest BCUT2D eigenvalue weighted by atomic mass is 32.1. The van der Waals surface area contributed by atoms with E-state index in [2.05, 4.69) is 24.0 Å². The quantitative estimate of drug-likeness (QED) is 0.921. The zero-order valence-corrected chi connectivity index (χ0v) is 12.4. The third-order valence-electron chi connectivity index (χ3n) is 3.12. The van der Waals surface area contributed by atoms with Crippen LogP contribution in [0.5, 0.6) is 0 Å².